The van der Waals surface area contributed by atoms with Crippen molar-refractivity contribution >= 4 is 32.6 Å². The van der Waals surface area contributed by atoms with E-state index in [4.69, 9.17) is 5.73 Å². The second-order valence-corrected chi connectivity index (χ2v) is 5.99. The Kier molecular flexibility index (Phi) is 4.57. The third-order valence-corrected chi connectivity index (χ3v) is 3.80. The lowest BCUT2D eigenvalue weighted by Gasteiger charge is -2.13. The molecule has 0 saturated heterocycles. The van der Waals surface area contributed by atoms with Crippen LogP contribution in [-0.2, 0) is 4.79 Å². The Hall–Kier alpha value is -1.87. The Bertz CT molecular complexity index is 685. The highest BCUT2D eigenvalue weighted by Gasteiger charge is 2.31. The summed E-state index contributed by atoms with van der Waals surface area (Å²) in [7, 11) is 0. The summed E-state index contributed by atoms with van der Waals surface area (Å²) in [4.78, 5) is 15.9. The van der Waals surface area contributed by atoms with Gasteiger partial charge in [0.2, 0.25) is 5.91 Å². The van der Waals surface area contributed by atoms with E-state index in [1.807, 2.05) is 13.8 Å². The number of ether oxygens (including phenoxy) is 1. The number of alkyl halides is 3. The summed E-state index contributed by atoms with van der Waals surface area (Å²) < 4.78 is 41.0. The molecule has 0 aliphatic heterocycles. The van der Waals surface area contributed by atoms with Crippen LogP contribution in [0.5, 0.6) is 5.75 Å². The summed E-state index contributed by atoms with van der Waals surface area (Å²) in [6.45, 7) is 3.62. The summed E-state index contributed by atoms with van der Waals surface area (Å²) in [6.07, 6.45) is -4.76. The van der Waals surface area contributed by atoms with Crippen molar-refractivity contribution in [1.82, 2.24) is 4.98 Å². The van der Waals surface area contributed by atoms with Crippen molar-refractivity contribution < 1.29 is 22.7 Å². The molecule has 0 aliphatic carbocycles. The fourth-order valence-corrected chi connectivity index (χ4v) is 2.50. The highest BCUT2D eigenvalue weighted by Crippen LogP contribution is 2.31. The van der Waals surface area contributed by atoms with E-state index in [2.05, 4.69) is 15.0 Å². The molecule has 0 radical (unpaired) electrons. The lowest BCUT2D eigenvalue weighted by molar-refractivity contribution is -0.274. The van der Waals surface area contributed by atoms with E-state index in [1.54, 1.807) is 0 Å². The Morgan fingerprint density at radius 1 is 1.41 bits per heavy atom. The minimum atomic E-state index is -4.76. The third-order valence-electron chi connectivity index (χ3n) is 2.84. The van der Waals surface area contributed by atoms with E-state index in [-0.39, 0.29) is 22.7 Å². The molecule has 0 saturated carbocycles. The van der Waals surface area contributed by atoms with Gasteiger partial charge in [0.15, 0.2) is 5.13 Å². The van der Waals surface area contributed by atoms with E-state index in [0.717, 1.165) is 17.4 Å². The first kappa shape index (κ1) is 16.5. The summed E-state index contributed by atoms with van der Waals surface area (Å²) >= 11 is 1.15. The topological polar surface area (TPSA) is 77.2 Å². The zero-order valence-electron chi connectivity index (χ0n) is 11.8. The Morgan fingerprint density at radius 2 is 2.09 bits per heavy atom. The predicted octanol–water partition coefficient (Wildman–Crippen LogP) is 3.12. The van der Waals surface area contributed by atoms with Gasteiger partial charge in [-0.15, -0.1) is 13.2 Å². The number of hydrogen-bond acceptors (Lipinski definition) is 5. The fraction of sp³-hybridized carbons (Fsp3) is 0.385. The summed E-state index contributed by atoms with van der Waals surface area (Å²) in [5, 5.41) is 2.84. The molecule has 2 aromatic rings. The minimum absolute atomic E-state index is 0.0406. The first-order chi connectivity index (χ1) is 10.2. The monoisotopic (exact) mass is 333 g/mol. The van der Waals surface area contributed by atoms with E-state index < -0.39 is 12.4 Å². The van der Waals surface area contributed by atoms with Crippen molar-refractivity contribution in [3.05, 3.63) is 18.2 Å². The predicted molar refractivity (Wildman–Crippen MR) is 77.7 cm³/mol. The number of carbonyl (C=O) groups excluding carboxylic acids is 1. The molecule has 1 aromatic carbocycles. The fourth-order valence-electron chi connectivity index (χ4n) is 1.65. The number of fused-ring (bicyclic) bond motifs is 1. The van der Waals surface area contributed by atoms with Crippen LogP contribution in [0.15, 0.2) is 18.2 Å². The lowest BCUT2D eigenvalue weighted by Crippen LogP contribution is -2.39. The SMILES string of the molecule is CC(C)[C@H](N)C(=O)Nc1nc2cc(OC(F)(F)F)ccc2s1. The molecule has 5 nitrogen and oxygen atoms in total. The molecule has 0 spiro atoms. The van der Waals surface area contributed by atoms with Crippen LogP contribution >= 0.6 is 11.3 Å². The average molecular weight is 333 g/mol. The largest absolute Gasteiger partial charge is 0.573 e. The molecular formula is C13H14F3N3O2S. The van der Waals surface area contributed by atoms with E-state index in [9.17, 15) is 18.0 Å². The van der Waals surface area contributed by atoms with Gasteiger partial charge >= 0.3 is 6.36 Å². The van der Waals surface area contributed by atoms with Gasteiger partial charge in [0.05, 0.1) is 16.3 Å². The number of halogens is 3. The second kappa shape index (κ2) is 6.09. The van der Waals surface area contributed by atoms with Crippen molar-refractivity contribution in [3.8, 4) is 5.75 Å². The lowest BCUT2D eigenvalue weighted by atomic mass is 10.1. The summed E-state index contributed by atoms with van der Waals surface area (Å²) in [6, 6.07) is 3.12. The van der Waals surface area contributed by atoms with Crippen LogP contribution in [-0.4, -0.2) is 23.3 Å². The number of thiazole rings is 1. The maximum atomic E-state index is 12.2. The second-order valence-electron chi connectivity index (χ2n) is 4.96. The number of rotatable bonds is 4. The zero-order chi connectivity index (χ0) is 16.5. The van der Waals surface area contributed by atoms with Crippen molar-refractivity contribution in [1.29, 1.82) is 0 Å². The quantitative estimate of drug-likeness (QED) is 0.901. The number of amides is 1. The molecule has 120 valence electrons. The standard InChI is InChI=1S/C13H14F3N3O2S/c1-6(2)10(17)11(20)19-12-18-8-5-7(21-13(14,15)16)3-4-9(8)22-12/h3-6,10H,17H2,1-2H3,(H,18,19,20)/t10-/m0/s1. The van der Waals surface area contributed by atoms with Gasteiger partial charge in [0.25, 0.3) is 0 Å². The van der Waals surface area contributed by atoms with Crippen LogP contribution in [0, 0.1) is 5.92 Å². The van der Waals surface area contributed by atoms with Crippen molar-refractivity contribution in [2.24, 2.45) is 11.7 Å². The van der Waals surface area contributed by atoms with E-state index >= 15 is 0 Å². The van der Waals surface area contributed by atoms with Crippen LogP contribution in [0.4, 0.5) is 18.3 Å². The maximum absolute atomic E-state index is 12.2. The Labute approximate surface area is 128 Å². The number of benzene rings is 1. The van der Waals surface area contributed by atoms with Crippen LogP contribution < -0.4 is 15.8 Å². The van der Waals surface area contributed by atoms with Crippen LogP contribution in [0.1, 0.15) is 13.8 Å². The number of anilines is 1. The molecule has 0 unspecified atom stereocenters. The van der Waals surface area contributed by atoms with E-state index in [0.29, 0.717) is 10.2 Å². The average Bonchev–Trinajstić information content (AvgIpc) is 2.77. The first-order valence-electron chi connectivity index (χ1n) is 6.38. The van der Waals surface area contributed by atoms with Gasteiger partial charge in [0.1, 0.15) is 5.75 Å². The number of nitrogens with two attached hydrogens (primary N) is 1. The number of nitrogens with one attached hydrogen (secondary N) is 1. The van der Waals surface area contributed by atoms with Crippen LogP contribution in [0.2, 0.25) is 0 Å². The van der Waals surface area contributed by atoms with Gasteiger partial charge in [-0.2, -0.15) is 0 Å². The van der Waals surface area contributed by atoms with Gasteiger partial charge < -0.3 is 15.8 Å². The van der Waals surface area contributed by atoms with Gasteiger partial charge in [-0.25, -0.2) is 4.98 Å². The first-order valence-corrected chi connectivity index (χ1v) is 7.20. The number of hydrogen-bond donors (Lipinski definition) is 2. The minimum Gasteiger partial charge on any atom is -0.406 e. The molecule has 1 amide bonds. The molecule has 1 atom stereocenters. The van der Waals surface area contributed by atoms with Gasteiger partial charge in [-0.05, 0) is 18.1 Å². The van der Waals surface area contributed by atoms with Crippen molar-refractivity contribution in [2.75, 3.05) is 5.32 Å². The third kappa shape index (κ3) is 4.08. The van der Waals surface area contributed by atoms with Gasteiger partial charge in [-0.1, -0.05) is 25.2 Å². The molecule has 22 heavy (non-hydrogen) atoms. The number of nitrogens with zero attached hydrogens (tertiary/aromatic N) is 1. The highest BCUT2D eigenvalue weighted by atomic mass is 32.1. The smallest absolute Gasteiger partial charge is 0.406 e. The van der Waals surface area contributed by atoms with Crippen LogP contribution in [0.3, 0.4) is 0 Å². The Balaban J connectivity index is 2.18. The molecule has 2 rings (SSSR count). The Morgan fingerprint density at radius 3 is 2.68 bits per heavy atom. The number of carbonyl (C=O) groups is 1. The molecular weight excluding hydrogens is 319 g/mol. The molecule has 0 aliphatic rings. The molecule has 1 heterocycles. The van der Waals surface area contributed by atoms with Crippen molar-refractivity contribution in [3.63, 3.8) is 0 Å². The molecule has 3 N–H and O–H groups in total. The number of aromatic nitrogens is 1. The molecule has 1 aromatic heterocycles. The van der Waals surface area contributed by atoms with Crippen molar-refractivity contribution in [2.45, 2.75) is 26.3 Å². The van der Waals surface area contributed by atoms with Crippen LogP contribution in [0.25, 0.3) is 10.2 Å². The normalized spacial score (nSPS) is 13.4. The summed E-state index contributed by atoms with van der Waals surface area (Å²) in [5.41, 5.74) is 6.02. The highest BCUT2D eigenvalue weighted by molar-refractivity contribution is 7.22. The molecule has 0 fully saturated rings. The van der Waals surface area contributed by atoms with Gasteiger partial charge in [-0.3, -0.25) is 4.79 Å². The van der Waals surface area contributed by atoms with Gasteiger partial charge in [0, 0.05) is 6.07 Å². The zero-order valence-corrected chi connectivity index (χ0v) is 12.6. The summed E-state index contributed by atoms with van der Waals surface area (Å²) in [5.74, 6) is -0.788. The molecule has 0 bridgehead atoms. The van der Waals surface area contributed by atoms with E-state index in [1.165, 1.54) is 12.1 Å². The maximum Gasteiger partial charge on any atom is 0.573 e. The molecule has 9 heteroatoms.